The predicted octanol–water partition coefficient (Wildman–Crippen LogP) is 4.38. The van der Waals surface area contributed by atoms with Crippen molar-refractivity contribution in [1.82, 2.24) is 0 Å². The predicted molar refractivity (Wildman–Crippen MR) is 80.0 cm³/mol. The lowest BCUT2D eigenvalue weighted by molar-refractivity contribution is -0.138. The van der Waals surface area contributed by atoms with Crippen LogP contribution in [0, 0.1) is 0 Å². The molecule has 0 fully saturated rings. The first kappa shape index (κ1) is 13.6. The van der Waals surface area contributed by atoms with Gasteiger partial charge in [0.2, 0.25) is 0 Å². The van der Waals surface area contributed by atoms with Crippen molar-refractivity contribution in [1.29, 1.82) is 0 Å². The van der Waals surface area contributed by atoms with Crippen LogP contribution >= 0.6 is 11.3 Å². The van der Waals surface area contributed by atoms with Crippen molar-refractivity contribution in [3.05, 3.63) is 52.9 Å². The van der Waals surface area contributed by atoms with Gasteiger partial charge in [0, 0.05) is 15.3 Å². The third kappa shape index (κ3) is 3.55. The standard InChI is InChI=1S/C16H16O2S/c1-3-18-16(17)12(2)11-14-9-10-15(19-14)13-7-5-4-6-8-13/h4-11H,3H2,1-2H3. The Hall–Kier alpha value is -1.87. The van der Waals surface area contributed by atoms with Crippen LogP contribution in [0.4, 0.5) is 0 Å². The summed E-state index contributed by atoms with van der Waals surface area (Å²) in [6.07, 6.45) is 1.87. The molecular formula is C16H16O2S. The fourth-order valence-electron chi connectivity index (χ4n) is 1.71. The molecule has 0 amide bonds. The van der Waals surface area contributed by atoms with Crippen LogP contribution in [0.15, 0.2) is 48.0 Å². The Balaban J connectivity index is 2.18. The number of hydrogen-bond acceptors (Lipinski definition) is 3. The van der Waals surface area contributed by atoms with Crippen molar-refractivity contribution in [3.8, 4) is 10.4 Å². The summed E-state index contributed by atoms with van der Waals surface area (Å²) in [4.78, 5) is 13.8. The van der Waals surface area contributed by atoms with Gasteiger partial charge in [0.15, 0.2) is 0 Å². The molecule has 0 aliphatic rings. The van der Waals surface area contributed by atoms with Gasteiger partial charge in [-0.3, -0.25) is 0 Å². The lowest BCUT2D eigenvalue weighted by Crippen LogP contribution is -2.04. The molecule has 2 nitrogen and oxygen atoms in total. The molecule has 19 heavy (non-hydrogen) atoms. The fraction of sp³-hybridized carbons (Fsp3) is 0.188. The summed E-state index contributed by atoms with van der Waals surface area (Å²) in [5.74, 6) is -0.253. The number of rotatable bonds is 4. The molecule has 0 atom stereocenters. The van der Waals surface area contributed by atoms with E-state index in [0.717, 1.165) is 4.88 Å². The lowest BCUT2D eigenvalue weighted by atomic mass is 10.2. The van der Waals surface area contributed by atoms with Crippen molar-refractivity contribution in [2.24, 2.45) is 0 Å². The third-order valence-corrected chi connectivity index (χ3v) is 3.72. The van der Waals surface area contributed by atoms with Crippen LogP contribution in [0.1, 0.15) is 18.7 Å². The molecule has 0 N–H and O–H groups in total. The SMILES string of the molecule is CCOC(=O)C(C)=Cc1ccc(-c2ccccc2)s1. The number of carbonyl (C=O) groups is 1. The first-order valence-electron chi connectivity index (χ1n) is 6.21. The second-order valence-corrected chi connectivity index (χ2v) is 5.23. The third-order valence-electron chi connectivity index (χ3n) is 2.64. The van der Waals surface area contributed by atoms with E-state index < -0.39 is 0 Å². The van der Waals surface area contributed by atoms with E-state index in [1.807, 2.05) is 37.3 Å². The fourth-order valence-corrected chi connectivity index (χ4v) is 2.72. The van der Waals surface area contributed by atoms with E-state index in [-0.39, 0.29) is 5.97 Å². The van der Waals surface area contributed by atoms with Gasteiger partial charge in [-0.2, -0.15) is 0 Å². The minimum absolute atomic E-state index is 0.253. The molecule has 0 radical (unpaired) electrons. The molecule has 3 heteroatoms. The van der Waals surface area contributed by atoms with Crippen molar-refractivity contribution < 1.29 is 9.53 Å². The van der Waals surface area contributed by atoms with Gasteiger partial charge < -0.3 is 4.74 Å². The molecule has 0 aliphatic carbocycles. The molecule has 0 aliphatic heterocycles. The second kappa shape index (κ2) is 6.34. The van der Waals surface area contributed by atoms with E-state index in [1.165, 1.54) is 10.4 Å². The maximum atomic E-state index is 11.5. The summed E-state index contributed by atoms with van der Waals surface area (Å²) >= 11 is 1.67. The van der Waals surface area contributed by atoms with Crippen LogP contribution in [0.3, 0.4) is 0 Å². The highest BCUT2D eigenvalue weighted by atomic mass is 32.1. The Morgan fingerprint density at radius 1 is 1.21 bits per heavy atom. The summed E-state index contributed by atoms with van der Waals surface area (Å²) in [5, 5.41) is 0. The molecule has 2 rings (SSSR count). The summed E-state index contributed by atoms with van der Waals surface area (Å²) in [6, 6.07) is 14.3. The van der Waals surface area contributed by atoms with Gasteiger partial charge in [-0.15, -0.1) is 11.3 Å². The Labute approximate surface area is 117 Å². The number of carbonyl (C=O) groups excluding carboxylic acids is 1. The van der Waals surface area contributed by atoms with E-state index in [1.54, 1.807) is 18.3 Å². The Bertz CT molecular complexity index is 582. The molecule has 0 spiro atoms. The largest absolute Gasteiger partial charge is 0.463 e. The summed E-state index contributed by atoms with van der Waals surface area (Å²) < 4.78 is 4.96. The van der Waals surface area contributed by atoms with Gasteiger partial charge in [-0.1, -0.05) is 30.3 Å². The number of hydrogen-bond donors (Lipinski definition) is 0. The molecular weight excluding hydrogens is 256 g/mol. The summed E-state index contributed by atoms with van der Waals surface area (Å²) in [7, 11) is 0. The van der Waals surface area contributed by atoms with Gasteiger partial charge in [-0.25, -0.2) is 4.79 Å². The van der Waals surface area contributed by atoms with Crippen molar-refractivity contribution in [2.45, 2.75) is 13.8 Å². The summed E-state index contributed by atoms with van der Waals surface area (Å²) in [5.41, 5.74) is 1.82. The zero-order valence-corrected chi connectivity index (χ0v) is 11.9. The Morgan fingerprint density at radius 2 is 1.95 bits per heavy atom. The van der Waals surface area contributed by atoms with Crippen molar-refractivity contribution >= 4 is 23.4 Å². The maximum Gasteiger partial charge on any atom is 0.333 e. The minimum atomic E-state index is -0.253. The molecule has 0 saturated carbocycles. The zero-order chi connectivity index (χ0) is 13.7. The average Bonchev–Trinajstić information content (AvgIpc) is 2.88. The number of benzene rings is 1. The van der Waals surface area contributed by atoms with E-state index >= 15 is 0 Å². The van der Waals surface area contributed by atoms with Crippen LogP contribution in [-0.2, 0) is 9.53 Å². The maximum absolute atomic E-state index is 11.5. The highest BCUT2D eigenvalue weighted by Crippen LogP contribution is 2.29. The lowest BCUT2D eigenvalue weighted by Gasteiger charge is -2.00. The monoisotopic (exact) mass is 272 g/mol. The molecule has 0 bridgehead atoms. The number of thiophene rings is 1. The van der Waals surface area contributed by atoms with Crippen molar-refractivity contribution in [2.75, 3.05) is 6.61 Å². The molecule has 0 unspecified atom stereocenters. The topological polar surface area (TPSA) is 26.3 Å². The molecule has 98 valence electrons. The van der Waals surface area contributed by atoms with Crippen molar-refractivity contribution in [3.63, 3.8) is 0 Å². The van der Waals surface area contributed by atoms with Crippen LogP contribution in [0.5, 0.6) is 0 Å². The zero-order valence-electron chi connectivity index (χ0n) is 11.1. The van der Waals surface area contributed by atoms with E-state index in [2.05, 4.69) is 18.2 Å². The molecule has 2 aromatic rings. The van der Waals surface area contributed by atoms with Gasteiger partial charge in [-0.05, 0) is 37.6 Å². The Kier molecular flexibility index (Phi) is 4.53. The average molecular weight is 272 g/mol. The minimum Gasteiger partial charge on any atom is -0.463 e. The smallest absolute Gasteiger partial charge is 0.333 e. The van der Waals surface area contributed by atoms with Crippen LogP contribution < -0.4 is 0 Å². The number of esters is 1. The highest BCUT2D eigenvalue weighted by Gasteiger charge is 2.06. The summed E-state index contributed by atoms with van der Waals surface area (Å²) in [6.45, 7) is 3.99. The second-order valence-electron chi connectivity index (χ2n) is 4.12. The van der Waals surface area contributed by atoms with E-state index in [4.69, 9.17) is 4.74 Å². The van der Waals surface area contributed by atoms with Gasteiger partial charge in [0.25, 0.3) is 0 Å². The molecule has 0 saturated heterocycles. The first-order valence-corrected chi connectivity index (χ1v) is 7.03. The molecule has 1 aromatic carbocycles. The van der Waals surface area contributed by atoms with E-state index in [9.17, 15) is 4.79 Å². The van der Waals surface area contributed by atoms with Gasteiger partial charge in [0.1, 0.15) is 0 Å². The van der Waals surface area contributed by atoms with Crippen LogP contribution in [0.25, 0.3) is 16.5 Å². The number of ether oxygens (including phenoxy) is 1. The first-order chi connectivity index (χ1) is 9.20. The van der Waals surface area contributed by atoms with Crippen LogP contribution in [0.2, 0.25) is 0 Å². The molecule has 1 aromatic heterocycles. The van der Waals surface area contributed by atoms with Crippen LogP contribution in [-0.4, -0.2) is 12.6 Å². The highest BCUT2D eigenvalue weighted by molar-refractivity contribution is 7.16. The molecule has 1 heterocycles. The van der Waals surface area contributed by atoms with Gasteiger partial charge >= 0.3 is 5.97 Å². The normalized spacial score (nSPS) is 11.4. The van der Waals surface area contributed by atoms with E-state index in [0.29, 0.717) is 12.2 Å². The Morgan fingerprint density at radius 3 is 2.63 bits per heavy atom. The quantitative estimate of drug-likeness (QED) is 0.610. The van der Waals surface area contributed by atoms with Gasteiger partial charge in [0.05, 0.1) is 6.61 Å².